The summed E-state index contributed by atoms with van der Waals surface area (Å²) in [4.78, 5) is 28.3. The molecule has 3 heterocycles. The van der Waals surface area contributed by atoms with Crippen LogP contribution in [0.1, 0.15) is 26.7 Å². The van der Waals surface area contributed by atoms with Gasteiger partial charge in [-0.25, -0.2) is 0 Å². The lowest BCUT2D eigenvalue weighted by molar-refractivity contribution is -0.524. The van der Waals surface area contributed by atoms with Crippen molar-refractivity contribution < 1.29 is 9.72 Å². The summed E-state index contributed by atoms with van der Waals surface area (Å²) in [7, 11) is 0. The van der Waals surface area contributed by atoms with Crippen LogP contribution in [0.4, 0.5) is 5.69 Å². The van der Waals surface area contributed by atoms with E-state index >= 15 is 0 Å². The first-order chi connectivity index (χ1) is 14.2. The normalized spacial score (nSPS) is 24.8. The van der Waals surface area contributed by atoms with Crippen LogP contribution < -0.4 is 4.90 Å². The van der Waals surface area contributed by atoms with E-state index in [0.717, 1.165) is 16.8 Å². The number of hydrogen-bond acceptors (Lipinski definition) is 5. The molecule has 0 amide bonds. The first kappa shape index (κ1) is 17.8. The standard InChI is InChI=1S/C23H18N2O3S/c26-23(19-11-6-14-29-19)22-20(16-8-2-1-3-9-16)21(25(27)28)18-13-12-15-7-4-5-10-17(15)24(18)22/h1-14,18,20-22H/t18-,20-,21+,22-/m0/s1. The number of ketones is 1. The van der Waals surface area contributed by atoms with Gasteiger partial charge in [0.2, 0.25) is 6.04 Å². The smallest absolute Gasteiger partial charge is 0.245 e. The molecule has 0 bridgehead atoms. The van der Waals surface area contributed by atoms with Crippen molar-refractivity contribution in [3.8, 4) is 0 Å². The van der Waals surface area contributed by atoms with Crippen molar-refractivity contribution in [3.63, 3.8) is 0 Å². The molecule has 4 atom stereocenters. The Morgan fingerprint density at radius 2 is 1.76 bits per heavy atom. The van der Waals surface area contributed by atoms with Gasteiger partial charge in [-0.15, -0.1) is 11.3 Å². The SMILES string of the molecule is O=C(c1cccs1)[C@@H]1[C@@H](c2ccccc2)[C@H]([N+](=O)[O-])[C@@H]2C=Cc3ccccc3N12. The Balaban J connectivity index is 1.73. The van der Waals surface area contributed by atoms with Crippen LogP contribution in [0, 0.1) is 10.1 Å². The number of nitro groups is 1. The van der Waals surface area contributed by atoms with Gasteiger partial charge in [-0.1, -0.05) is 66.7 Å². The summed E-state index contributed by atoms with van der Waals surface area (Å²) in [6, 6.07) is 18.8. The highest BCUT2D eigenvalue weighted by Gasteiger charge is 2.58. The van der Waals surface area contributed by atoms with Crippen LogP contribution in [0.3, 0.4) is 0 Å². The van der Waals surface area contributed by atoms with E-state index in [9.17, 15) is 14.9 Å². The number of benzene rings is 2. The number of Topliss-reactive ketones (excluding diaryl/α,β-unsaturated/α-hetero) is 1. The molecule has 144 valence electrons. The number of rotatable bonds is 4. The molecule has 0 N–H and O–H groups in total. The van der Waals surface area contributed by atoms with Crippen molar-refractivity contribution >= 4 is 28.9 Å². The molecule has 1 fully saturated rings. The quantitative estimate of drug-likeness (QED) is 0.362. The minimum atomic E-state index is -0.907. The number of hydrogen-bond donors (Lipinski definition) is 0. The summed E-state index contributed by atoms with van der Waals surface area (Å²) in [6.45, 7) is 0. The van der Waals surface area contributed by atoms with E-state index in [1.165, 1.54) is 11.3 Å². The highest BCUT2D eigenvalue weighted by molar-refractivity contribution is 7.12. The molecule has 1 aromatic heterocycles. The molecule has 6 heteroatoms. The molecule has 3 aromatic rings. The fourth-order valence-electron chi connectivity index (χ4n) is 4.67. The summed E-state index contributed by atoms with van der Waals surface area (Å²) in [5.74, 6) is -0.602. The topological polar surface area (TPSA) is 63.4 Å². The average Bonchev–Trinajstić information content (AvgIpc) is 3.40. The zero-order valence-corrected chi connectivity index (χ0v) is 16.2. The summed E-state index contributed by atoms with van der Waals surface area (Å²) in [6.07, 6.45) is 3.82. The van der Waals surface area contributed by atoms with Crippen molar-refractivity contribution in [2.24, 2.45) is 0 Å². The zero-order valence-electron chi connectivity index (χ0n) is 15.4. The first-order valence-electron chi connectivity index (χ1n) is 9.48. The van der Waals surface area contributed by atoms with Gasteiger partial charge < -0.3 is 4.90 Å². The molecular weight excluding hydrogens is 384 g/mol. The third kappa shape index (κ3) is 2.79. The molecule has 5 nitrogen and oxygen atoms in total. The molecule has 5 rings (SSSR count). The maximum absolute atomic E-state index is 13.6. The molecule has 1 saturated heterocycles. The molecule has 0 saturated carbocycles. The molecule has 29 heavy (non-hydrogen) atoms. The lowest BCUT2D eigenvalue weighted by Crippen LogP contribution is -2.44. The van der Waals surface area contributed by atoms with E-state index in [1.54, 1.807) is 6.07 Å². The zero-order chi connectivity index (χ0) is 20.0. The van der Waals surface area contributed by atoms with Gasteiger partial charge in [-0.3, -0.25) is 14.9 Å². The number of para-hydroxylation sites is 1. The highest BCUT2D eigenvalue weighted by atomic mass is 32.1. The number of carbonyl (C=O) groups is 1. The summed E-state index contributed by atoms with van der Waals surface area (Å²) in [5.41, 5.74) is 2.67. The third-order valence-electron chi connectivity index (χ3n) is 5.83. The van der Waals surface area contributed by atoms with E-state index in [2.05, 4.69) is 0 Å². The lowest BCUT2D eigenvalue weighted by atomic mass is 9.85. The maximum Gasteiger partial charge on any atom is 0.245 e. The lowest BCUT2D eigenvalue weighted by Gasteiger charge is -2.34. The Hall–Kier alpha value is -3.25. The molecule has 0 spiro atoms. The van der Waals surface area contributed by atoms with Crippen LogP contribution in [0.25, 0.3) is 6.08 Å². The molecule has 2 aliphatic rings. The van der Waals surface area contributed by atoms with Crippen molar-refractivity contribution in [2.75, 3.05) is 4.90 Å². The van der Waals surface area contributed by atoms with Crippen LogP contribution in [0.5, 0.6) is 0 Å². The van der Waals surface area contributed by atoms with Gasteiger partial charge in [0.15, 0.2) is 5.78 Å². The van der Waals surface area contributed by atoms with Gasteiger partial charge in [-0.2, -0.15) is 0 Å². The third-order valence-corrected chi connectivity index (χ3v) is 6.71. The maximum atomic E-state index is 13.6. The summed E-state index contributed by atoms with van der Waals surface area (Å²) >= 11 is 1.38. The van der Waals surface area contributed by atoms with Gasteiger partial charge >= 0.3 is 0 Å². The van der Waals surface area contributed by atoms with Gasteiger partial charge in [0.25, 0.3) is 0 Å². The summed E-state index contributed by atoms with van der Waals surface area (Å²) in [5, 5.41) is 14.1. The van der Waals surface area contributed by atoms with Gasteiger partial charge in [0.1, 0.15) is 12.1 Å². The van der Waals surface area contributed by atoms with Crippen LogP contribution >= 0.6 is 11.3 Å². The van der Waals surface area contributed by atoms with E-state index in [-0.39, 0.29) is 10.7 Å². The second kappa shape index (κ2) is 6.97. The van der Waals surface area contributed by atoms with Gasteiger partial charge in [0.05, 0.1) is 10.8 Å². The fourth-order valence-corrected chi connectivity index (χ4v) is 5.37. The first-order valence-corrected chi connectivity index (χ1v) is 10.4. The Morgan fingerprint density at radius 3 is 2.48 bits per heavy atom. The molecule has 0 unspecified atom stereocenters. The molecular formula is C23H18N2O3S. The highest BCUT2D eigenvalue weighted by Crippen LogP contribution is 2.47. The Labute approximate surface area is 172 Å². The molecule has 0 radical (unpaired) electrons. The predicted molar refractivity (Wildman–Crippen MR) is 114 cm³/mol. The van der Waals surface area contributed by atoms with Crippen LogP contribution in [0.15, 0.2) is 78.2 Å². The van der Waals surface area contributed by atoms with Gasteiger partial charge in [0, 0.05) is 10.6 Å². The van der Waals surface area contributed by atoms with Crippen molar-refractivity contribution in [3.05, 3.63) is 104 Å². The second-order valence-corrected chi connectivity index (χ2v) is 8.26. The Kier molecular flexibility index (Phi) is 4.28. The van der Waals surface area contributed by atoms with E-state index in [1.807, 2.05) is 83.1 Å². The molecule has 0 aliphatic carbocycles. The predicted octanol–water partition coefficient (Wildman–Crippen LogP) is 4.64. The summed E-state index contributed by atoms with van der Waals surface area (Å²) < 4.78 is 0. The monoisotopic (exact) mass is 402 g/mol. The largest absolute Gasteiger partial charge is 0.346 e. The van der Waals surface area contributed by atoms with Crippen molar-refractivity contribution in [1.82, 2.24) is 0 Å². The van der Waals surface area contributed by atoms with Crippen molar-refractivity contribution in [1.29, 1.82) is 0 Å². The minimum Gasteiger partial charge on any atom is -0.346 e. The van der Waals surface area contributed by atoms with Crippen LogP contribution in [-0.4, -0.2) is 28.8 Å². The number of thiophene rings is 1. The van der Waals surface area contributed by atoms with Gasteiger partial charge in [-0.05, 0) is 28.6 Å². The fraction of sp³-hybridized carbons (Fsp3) is 0.174. The molecule has 2 aromatic carbocycles. The minimum absolute atomic E-state index is 0.0618. The number of carbonyl (C=O) groups excluding carboxylic acids is 1. The van der Waals surface area contributed by atoms with Crippen LogP contribution in [-0.2, 0) is 0 Å². The second-order valence-electron chi connectivity index (χ2n) is 7.31. The van der Waals surface area contributed by atoms with Crippen LogP contribution in [0.2, 0.25) is 0 Å². The Bertz CT molecular complexity index is 1090. The van der Waals surface area contributed by atoms with E-state index < -0.39 is 24.0 Å². The number of anilines is 1. The Morgan fingerprint density at radius 1 is 1.00 bits per heavy atom. The molecule has 2 aliphatic heterocycles. The van der Waals surface area contributed by atoms with E-state index in [4.69, 9.17) is 0 Å². The number of fused-ring (bicyclic) bond motifs is 3. The number of nitrogens with zero attached hydrogens (tertiary/aromatic N) is 2. The van der Waals surface area contributed by atoms with Crippen molar-refractivity contribution in [2.45, 2.75) is 24.0 Å². The average molecular weight is 402 g/mol. The van der Waals surface area contributed by atoms with E-state index in [0.29, 0.717) is 4.88 Å².